The van der Waals surface area contributed by atoms with Crippen LogP contribution in [0.2, 0.25) is 0 Å². The van der Waals surface area contributed by atoms with Crippen molar-refractivity contribution in [2.24, 2.45) is 0 Å². The number of nitrogens with zero attached hydrogens (tertiary/aromatic N) is 2. The van der Waals surface area contributed by atoms with E-state index in [1.807, 2.05) is 13.0 Å². The minimum absolute atomic E-state index is 0.598. The van der Waals surface area contributed by atoms with Crippen LogP contribution in [-0.4, -0.2) is 35.6 Å². The first-order valence-corrected chi connectivity index (χ1v) is 6.59. The summed E-state index contributed by atoms with van der Waals surface area (Å²) in [5.41, 5.74) is 2.21. The number of hydrogen-bond acceptors (Lipinski definition) is 3. The molecule has 0 radical (unpaired) electrons. The molecule has 0 atom stereocenters. The Bertz CT molecular complexity index is 414. The summed E-state index contributed by atoms with van der Waals surface area (Å²) in [5, 5.41) is 3.59. The number of piperidine rings is 1. The van der Waals surface area contributed by atoms with Crippen molar-refractivity contribution in [3.05, 3.63) is 29.6 Å². The molecule has 0 amide bonds. The van der Waals surface area contributed by atoms with E-state index in [0.29, 0.717) is 6.04 Å². The molecule has 0 aliphatic carbocycles. The number of pyridine rings is 1. The Morgan fingerprint density at radius 2 is 2.22 bits per heavy atom. The molecule has 18 heavy (non-hydrogen) atoms. The van der Waals surface area contributed by atoms with Gasteiger partial charge in [0.1, 0.15) is 0 Å². The maximum Gasteiger partial charge on any atom is 0.0598 e. The number of hydrogen-bond donors (Lipinski definition) is 1. The number of rotatable bonds is 4. The maximum atomic E-state index is 5.33. The summed E-state index contributed by atoms with van der Waals surface area (Å²) >= 11 is 0. The second-order valence-electron chi connectivity index (χ2n) is 4.91. The summed E-state index contributed by atoms with van der Waals surface area (Å²) < 4.78 is 0. The molecule has 1 aliphatic heterocycles. The van der Waals surface area contributed by atoms with Gasteiger partial charge in [0, 0.05) is 31.4 Å². The standard InChI is InChI=1S/C15H21N3/c1-3-9-18-10-7-14(8-11-18)16-12-15-6-4-5-13(2)17-15/h1,4-6,14,16H,7-12H2,2H3. The van der Waals surface area contributed by atoms with Crippen LogP contribution in [0.25, 0.3) is 0 Å². The van der Waals surface area contributed by atoms with Crippen LogP contribution in [0.4, 0.5) is 0 Å². The van der Waals surface area contributed by atoms with Crippen molar-refractivity contribution in [2.75, 3.05) is 19.6 Å². The molecule has 0 saturated carbocycles. The van der Waals surface area contributed by atoms with Crippen LogP contribution in [0.1, 0.15) is 24.2 Å². The normalized spacial score (nSPS) is 17.6. The molecule has 0 aromatic carbocycles. The van der Waals surface area contributed by atoms with Crippen LogP contribution in [-0.2, 0) is 6.54 Å². The molecule has 1 fully saturated rings. The molecule has 2 heterocycles. The van der Waals surface area contributed by atoms with Crippen molar-refractivity contribution in [2.45, 2.75) is 32.4 Å². The van der Waals surface area contributed by atoms with Gasteiger partial charge in [-0.15, -0.1) is 6.42 Å². The highest BCUT2D eigenvalue weighted by Gasteiger charge is 2.17. The number of aromatic nitrogens is 1. The number of likely N-dealkylation sites (tertiary alicyclic amines) is 1. The van der Waals surface area contributed by atoms with Crippen molar-refractivity contribution >= 4 is 0 Å². The van der Waals surface area contributed by atoms with Crippen LogP contribution < -0.4 is 5.32 Å². The van der Waals surface area contributed by atoms with Crippen LogP contribution in [0.5, 0.6) is 0 Å². The van der Waals surface area contributed by atoms with Gasteiger partial charge in [0.15, 0.2) is 0 Å². The van der Waals surface area contributed by atoms with Crippen molar-refractivity contribution in [1.29, 1.82) is 0 Å². The summed E-state index contributed by atoms with van der Waals surface area (Å²) in [6.45, 7) is 5.88. The molecule has 96 valence electrons. The van der Waals surface area contributed by atoms with Gasteiger partial charge in [-0.25, -0.2) is 0 Å². The second-order valence-corrected chi connectivity index (χ2v) is 4.91. The fourth-order valence-electron chi connectivity index (χ4n) is 2.37. The minimum atomic E-state index is 0.598. The van der Waals surface area contributed by atoms with Gasteiger partial charge < -0.3 is 5.32 Å². The lowest BCUT2D eigenvalue weighted by Crippen LogP contribution is -2.42. The van der Waals surface area contributed by atoms with E-state index in [4.69, 9.17) is 6.42 Å². The molecule has 2 rings (SSSR count). The maximum absolute atomic E-state index is 5.33. The summed E-state index contributed by atoms with van der Waals surface area (Å²) in [5.74, 6) is 2.71. The Morgan fingerprint density at radius 1 is 1.44 bits per heavy atom. The van der Waals surface area contributed by atoms with Crippen molar-refractivity contribution < 1.29 is 0 Å². The third-order valence-electron chi connectivity index (χ3n) is 3.42. The van der Waals surface area contributed by atoms with E-state index in [1.54, 1.807) is 0 Å². The molecule has 1 aliphatic rings. The van der Waals surface area contributed by atoms with Crippen LogP contribution >= 0.6 is 0 Å². The van der Waals surface area contributed by atoms with Gasteiger partial charge in [0.05, 0.1) is 12.2 Å². The van der Waals surface area contributed by atoms with Crippen LogP contribution in [0, 0.1) is 19.3 Å². The SMILES string of the molecule is C#CCN1CCC(NCc2cccc(C)n2)CC1. The molecule has 0 spiro atoms. The quantitative estimate of drug-likeness (QED) is 0.814. The first-order chi connectivity index (χ1) is 8.78. The number of nitrogens with one attached hydrogen (secondary N) is 1. The Morgan fingerprint density at radius 3 is 2.89 bits per heavy atom. The fourth-order valence-corrected chi connectivity index (χ4v) is 2.37. The van der Waals surface area contributed by atoms with Crippen LogP contribution in [0.15, 0.2) is 18.2 Å². The predicted octanol–water partition coefficient (Wildman–Crippen LogP) is 1.58. The Hall–Kier alpha value is -1.37. The zero-order chi connectivity index (χ0) is 12.8. The third-order valence-corrected chi connectivity index (χ3v) is 3.42. The van der Waals surface area contributed by atoms with Gasteiger partial charge in [0.25, 0.3) is 0 Å². The Balaban J connectivity index is 1.74. The zero-order valence-corrected chi connectivity index (χ0v) is 11.0. The van der Waals surface area contributed by atoms with Crippen molar-refractivity contribution in [1.82, 2.24) is 15.2 Å². The molecule has 1 saturated heterocycles. The highest BCUT2D eigenvalue weighted by molar-refractivity contribution is 5.09. The molecule has 3 heteroatoms. The zero-order valence-electron chi connectivity index (χ0n) is 11.0. The average Bonchev–Trinajstić information content (AvgIpc) is 2.38. The Kier molecular flexibility index (Phi) is 4.74. The summed E-state index contributed by atoms with van der Waals surface area (Å²) in [6, 6.07) is 6.77. The predicted molar refractivity (Wildman–Crippen MR) is 74.1 cm³/mol. The lowest BCUT2D eigenvalue weighted by atomic mass is 10.1. The minimum Gasteiger partial charge on any atom is -0.308 e. The molecular formula is C15H21N3. The summed E-state index contributed by atoms with van der Waals surface area (Å²) in [4.78, 5) is 6.84. The fraction of sp³-hybridized carbons (Fsp3) is 0.533. The largest absolute Gasteiger partial charge is 0.308 e. The van der Waals surface area contributed by atoms with Crippen LogP contribution in [0.3, 0.4) is 0 Å². The van der Waals surface area contributed by atoms with E-state index < -0.39 is 0 Å². The van der Waals surface area contributed by atoms with E-state index in [-0.39, 0.29) is 0 Å². The van der Waals surface area contributed by atoms with Gasteiger partial charge >= 0.3 is 0 Å². The number of aryl methyl sites for hydroxylation is 1. The Labute approximate surface area is 110 Å². The van der Waals surface area contributed by atoms with Crippen molar-refractivity contribution in [3.8, 4) is 12.3 Å². The molecule has 0 bridgehead atoms. The molecular weight excluding hydrogens is 222 g/mol. The first kappa shape index (κ1) is 13.1. The highest BCUT2D eigenvalue weighted by Crippen LogP contribution is 2.10. The molecule has 1 aromatic heterocycles. The summed E-state index contributed by atoms with van der Waals surface area (Å²) in [6.07, 6.45) is 7.68. The monoisotopic (exact) mass is 243 g/mol. The topological polar surface area (TPSA) is 28.2 Å². The molecule has 3 nitrogen and oxygen atoms in total. The van der Waals surface area contributed by atoms with Crippen molar-refractivity contribution in [3.63, 3.8) is 0 Å². The van der Waals surface area contributed by atoms with Gasteiger partial charge in [-0.3, -0.25) is 9.88 Å². The second kappa shape index (κ2) is 6.53. The van der Waals surface area contributed by atoms with E-state index in [2.05, 4.69) is 33.3 Å². The molecule has 1 aromatic rings. The first-order valence-electron chi connectivity index (χ1n) is 6.59. The number of terminal acetylenes is 1. The molecule has 1 N–H and O–H groups in total. The highest BCUT2D eigenvalue weighted by atomic mass is 15.1. The lowest BCUT2D eigenvalue weighted by Gasteiger charge is -2.31. The van der Waals surface area contributed by atoms with Gasteiger partial charge in [0.2, 0.25) is 0 Å². The average molecular weight is 243 g/mol. The van der Waals surface area contributed by atoms with E-state index in [0.717, 1.165) is 37.6 Å². The lowest BCUT2D eigenvalue weighted by molar-refractivity contribution is 0.217. The van der Waals surface area contributed by atoms with E-state index >= 15 is 0 Å². The molecule has 0 unspecified atom stereocenters. The third kappa shape index (κ3) is 3.83. The van der Waals surface area contributed by atoms with E-state index in [9.17, 15) is 0 Å². The van der Waals surface area contributed by atoms with Gasteiger partial charge in [-0.1, -0.05) is 12.0 Å². The smallest absolute Gasteiger partial charge is 0.0598 e. The van der Waals surface area contributed by atoms with Gasteiger partial charge in [-0.2, -0.15) is 0 Å². The van der Waals surface area contributed by atoms with Gasteiger partial charge in [-0.05, 0) is 31.9 Å². The van der Waals surface area contributed by atoms with E-state index in [1.165, 1.54) is 12.8 Å². The summed E-state index contributed by atoms with van der Waals surface area (Å²) in [7, 11) is 0.